The van der Waals surface area contributed by atoms with E-state index >= 15 is 0 Å². The first-order valence-corrected chi connectivity index (χ1v) is 6.84. The molecule has 86 valence electrons. The van der Waals surface area contributed by atoms with Gasteiger partial charge in [0.25, 0.3) is 0 Å². The van der Waals surface area contributed by atoms with Gasteiger partial charge in [-0.05, 0) is 31.0 Å². The van der Waals surface area contributed by atoms with Crippen LogP contribution in [0.3, 0.4) is 0 Å². The molecular weight excluding hydrogens is 336 g/mol. The molecule has 2 unspecified atom stereocenters. The Morgan fingerprint density at radius 1 is 1.44 bits per heavy atom. The van der Waals surface area contributed by atoms with Crippen LogP contribution in [0.1, 0.15) is 24.8 Å². The van der Waals surface area contributed by atoms with Gasteiger partial charge in [-0.15, -0.1) is 0 Å². The second-order valence-electron chi connectivity index (χ2n) is 3.84. The van der Waals surface area contributed by atoms with E-state index in [-0.39, 0.29) is 11.9 Å². The number of ether oxygens (including phenoxy) is 1. The molecule has 1 saturated carbocycles. The number of hydrogen-bond donors (Lipinski definition) is 0. The number of benzene rings is 1. The highest BCUT2D eigenvalue weighted by Gasteiger charge is 2.46. The fraction of sp³-hybridized carbons (Fsp3) is 0.417. The summed E-state index contributed by atoms with van der Waals surface area (Å²) < 4.78 is 7.14. The SMILES string of the molecule is CCOC(=O)C1CC1c1c(Br)cccc1Br. The van der Waals surface area contributed by atoms with Crippen molar-refractivity contribution in [1.29, 1.82) is 0 Å². The number of esters is 1. The minimum Gasteiger partial charge on any atom is -0.466 e. The Hall–Kier alpha value is -0.350. The van der Waals surface area contributed by atoms with Gasteiger partial charge in [-0.25, -0.2) is 0 Å². The first-order valence-electron chi connectivity index (χ1n) is 5.25. The summed E-state index contributed by atoms with van der Waals surface area (Å²) >= 11 is 7.04. The number of rotatable bonds is 3. The van der Waals surface area contributed by atoms with E-state index in [0.29, 0.717) is 12.5 Å². The zero-order chi connectivity index (χ0) is 11.7. The Balaban J connectivity index is 2.14. The van der Waals surface area contributed by atoms with Crippen LogP contribution in [0.2, 0.25) is 0 Å². The molecule has 0 amide bonds. The Morgan fingerprint density at radius 3 is 2.62 bits per heavy atom. The molecule has 0 N–H and O–H groups in total. The third-order valence-corrected chi connectivity index (χ3v) is 4.13. The Labute approximate surface area is 112 Å². The van der Waals surface area contributed by atoms with Crippen LogP contribution in [0.5, 0.6) is 0 Å². The van der Waals surface area contributed by atoms with Crippen molar-refractivity contribution in [2.24, 2.45) is 5.92 Å². The van der Waals surface area contributed by atoms with E-state index in [2.05, 4.69) is 31.9 Å². The van der Waals surface area contributed by atoms with E-state index in [0.717, 1.165) is 15.4 Å². The number of halogens is 2. The zero-order valence-electron chi connectivity index (χ0n) is 8.87. The molecule has 0 bridgehead atoms. The molecule has 1 aliphatic rings. The molecular formula is C12H12Br2O2. The summed E-state index contributed by atoms with van der Waals surface area (Å²) in [4.78, 5) is 11.6. The van der Waals surface area contributed by atoms with Crippen molar-refractivity contribution >= 4 is 37.8 Å². The van der Waals surface area contributed by atoms with Crippen LogP contribution in [0.25, 0.3) is 0 Å². The van der Waals surface area contributed by atoms with Crippen molar-refractivity contribution in [2.75, 3.05) is 6.61 Å². The van der Waals surface area contributed by atoms with Gasteiger partial charge in [0.05, 0.1) is 12.5 Å². The molecule has 2 nitrogen and oxygen atoms in total. The van der Waals surface area contributed by atoms with Crippen LogP contribution in [0.15, 0.2) is 27.1 Å². The topological polar surface area (TPSA) is 26.3 Å². The van der Waals surface area contributed by atoms with Crippen LogP contribution < -0.4 is 0 Å². The maximum Gasteiger partial charge on any atom is 0.309 e. The molecule has 0 radical (unpaired) electrons. The molecule has 2 atom stereocenters. The molecule has 4 heteroatoms. The maximum absolute atomic E-state index is 11.6. The fourth-order valence-electron chi connectivity index (χ4n) is 1.89. The molecule has 2 rings (SSSR count). The highest BCUT2D eigenvalue weighted by Crippen LogP contribution is 2.52. The van der Waals surface area contributed by atoms with Crippen molar-refractivity contribution in [2.45, 2.75) is 19.3 Å². The van der Waals surface area contributed by atoms with Crippen LogP contribution in [0.4, 0.5) is 0 Å². The van der Waals surface area contributed by atoms with Crippen molar-refractivity contribution in [3.63, 3.8) is 0 Å². The molecule has 0 saturated heterocycles. The lowest BCUT2D eigenvalue weighted by Gasteiger charge is -2.06. The second-order valence-corrected chi connectivity index (χ2v) is 5.54. The molecule has 0 aromatic heterocycles. The first kappa shape index (κ1) is 12.1. The minimum atomic E-state index is -0.0739. The van der Waals surface area contributed by atoms with E-state index in [1.165, 1.54) is 5.56 Å². The van der Waals surface area contributed by atoms with Gasteiger partial charge in [0.15, 0.2) is 0 Å². The van der Waals surface area contributed by atoms with E-state index in [1.54, 1.807) is 0 Å². The van der Waals surface area contributed by atoms with Crippen LogP contribution in [-0.4, -0.2) is 12.6 Å². The predicted octanol–water partition coefficient (Wildman–Crippen LogP) is 3.88. The Kier molecular flexibility index (Phi) is 3.70. The molecule has 16 heavy (non-hydrogen) atoms. The monoisotopic (exact) mass is 346 g/mol. The van der Waals surface area contributed by atoms with Crippen molar-refractivity contribution < 1.29 is 9.53 Å². The third kappa shape index (κ3) is 2.33. The van der Waals surface area contributed by atoms with Gasteiger partial charge in [-0.2, -0.15) is 0 Å². The summed E-state index contributed by atoms with van der Waals surface area (Å²) in [6, 6.07) is 5.97. The average molecular weight is 348 g/mol. The molecule has 0 aliphatic heterocycles. The molecule has 1 fully saturated rings. The highest BCUT2D eigenvalue weighted by atomic mass is 79.9. The van der Waals surface area contributed by atoms with Crippen LogP contribution in [-0.2, 0) is 9.53 Å². The quantitative estimate of drug-likeness (QED) is 0.775. The van der Waals surface area contributed by atoms with Gasteiger partial charge < -0.3 is 4.74 Å². The van der Waals surface area contributed by atoms with E-state index < -0.39 is 0 Å². The number of carbonyl (C=O) groups is 1. The van der Waals surface area contributed by atoms with E-state index in [4.69, 9.17) is 4.74 Å². The lowest BCUT2D eigenvalue weighted by molar-refractivity contribution is -0.144. The van der Waals surface area contributed by atoms with Gasteiger partial charge in [0.2, 0.25) is 0 Å². The van der Waals surface area contributed by atoms with Crippen molar-refractivity contribution in [3.05, 3.63) is 32.7 Å². The summed E-state index contributed by atoms with van der Waals surface area (Å²) in [5.74, 6) is 0.258. The fourth-order valence-corrected chi connectivity index (χ4v) is 3.48. The van der Waals surface area contributed by atoms with Gasteiger partial charge in [-0.3, -0.25) is 4.79 Å². The lowest BCUT2D eigenvalue weighted by Crippen LogP contribution is -2.07. The summed E-state index contributed by atoms with van der Waals surface area (Å²) in [6.45, 7) is 2.29. The standard InChI is InChI=1S/C12H12Br2O2/c1-2-16-12(15)8-6-7(8)11-9(13)4-3-5-10(11)14/h3-5,7-8H,2,6H2,1H3. The predicted molar refractivity (Wildman–Crippen MR) is 69.3 cm³/mol. The normalized spacial score (nSPS) is 22.9. The van der Waals surface area contributed by atoms with Gasteiger partial charge in [0, 0.05) is 14.9 Å². The third-order valence-electron chi connectivity index (χ3n) is 2.75. The lowest BCUT2D eigenvalue weighted by atomic mass is 10.1. The van der Waals surface area contributed by atoms with Crippen molar-refractivity contribution in [1.82, 2.24) is 0 Å². The molecule has 1 aromatic carbocycles. The molecule has 1 aliphatic carbocycles. The van der Waals surface area contributed by atoms with E-state index in [9.17, 15) is 4.79 Å². The summed E-state index contributed by atoms with van der Waals surface area (Å²) in [7, 11) is 0. The van der Waals surface area contributed by atoms with Gasteiger partial charge in [0.1, 0.15) is 0 Å². The Morgan fingerprint density at radius 2 is 2.06 bits per heavy atom. The first-order chi connectivity index (χ1) is 7.65. The number of carbonyl (C=O) groups excluding carboxylic acids is 1. The van der Waals surface area contributed by atoms with Gasteiger partial charge in [-0.1, -0.05) is 37.9 Å². The summed E-state index contributed by atoms with van der Waals surface area (Å²) in [5, 5.41) is 0. The highest BCUT2D eigenvalue weighted by molar-refractivity contribution is 9.11. The van der Waals surface area contributed by atoms with E-state index in [1.807, 2.05) is 25.1 Å². The molecule has 0 spiro atoms. The smallest absolute Gasteiger partial charge is 0.309 e. The maximum atomic E-state index is 11.6. The average Bonchev–Trinajstić information content (AvgIpc) is 2.98. The van der Waals surface area contributed by atoms with Crippen LogP contribution in [0, 0.1) is 5.92 Å². The summed E-state index contributed by atoms with van der Waals surface area (Å²) in [6.07, 6.45) is 0.889. The summed E-state index contributed by atoms with van der Waals surface area (Å²) in [5.41, 5.74) is 1.18. The van der Waals surface area contributed by atoms with Crippen molar-refractivity contribution in [3.8, 4) is 0 Å². The largest absolute Gasteiger partial charge is 0.466 e. The molecule has 0 heterocycles. The number of hydrogen-bond acceptors (Lipinski definition) is 2. The van der Waals surface area contributed by atoms with Crippen LogP contribution >= 0.6 is 31.9 Å². The zero-order valence-corrected chi connectivity index (χ0v) is 12.0. The minimum absolute atomic E-state index is 0.0370. The molecule has 1 aromatic rings. The Bertz CT molecular complexity index is 397. The van der Waals surface area contributed by atoms with Gasteiger partial charge >= 0.3 is 5.97 Å². The second kappa shape index (κ2) is 4.88.